The van der Waals surface area contributed by atoms with Gasteiger partial charge in [0, 0.05) is 5.56 Å². The maximum atomic E-state index is 13.4. The van der Waals surface area contributed by atoms with Crippen molar-refractivity contribution in [2.24, 2.45) is 0 Å². The van der Waals surface area contributed by atoms with E-state index in [4.69, 9.17) is 0 Å². The van der Waals surface area contributed by atoms with Crippen LogP contribution in [0.1, 0.15) is 37.5 Å². The van der Waals surface area contributed by atoms with Crippen LogP contribution >= 0.6 is 0 Å². The highest BCUT2D eigenvalue weighted by Gasteiger charge is 2.17. The first-order valence-corrected chi connectivity index (χ1v) is 4.71. The molecule has 0 nitrogen and oxygen atoms in total. The van der Waals surface area contributed by atoms with E-state index in [0.717, 1.165) is 5.56 Å². The lowest BCUT2D eigenvalue weighted by Gasteiger charge is -2.20. The molecule has 1 aromatic carbocycles. The molecule has 0 unspecified atom stereocenters. The van der Waals surface area contributed by atoms with Crippen molar-refractivity contribution in [2.45, 2.75) is 39.8 Å². The predicted molar refractivity (Wildman–Crippen MR) is 54.6 cm³/mol. The van der Waals surface area contributed by atoms with Gasteiger partial charge in [0.25, 0.3) is 0 Å². The van der Waals surface area contributed by atoms with E-state index in [9.17, 15) is 8.78 Å². The molecule has 0 amide bonds. The van der Waals surface area contributed by atoms with Crippen molar-refractivity contribution in [3.8, 4) is 0 Å². The van der Waals surface area contributed by atoms with Gasteiger partial charge < -0.3 is 0 Å². The van der Waals surface area contributed by atoms with Crippen LogP contribution in [0, 0.1) is 12.7 Å². The molecule has 0 aliphatic rings. The van der Waals surface area contributed by atoms with E-state index in [1.54, 1.807) is 6.92 Å². The second kappa shape index (κ2) is 3.68. The topological polar surface area (TPSA) is 0 Å². The van der Waals surface area contributed by atoms with E-state index in [1.165, 1.54) is 6.07 Å². The Morgan fingerprint density at radius 3 is 2.14 bits per heavy atom. The highest BCUT2D eigenvalue weighted by Crippen LogP contribution is 2.26. The minimum atomic E-state index is -0.734. The Kier molecular flexibility index (Phi) is 2.93. The molecule has 0 N–H and O–H groups in total. The molecule has 2 heteroatoms. The molecule has 0 fully saturated rings. The third-order valence-electron chi connectivity index (χ3n) is 2.42. The van der Waals surface area contributed by atoms with Crippen molar-refractivity contribution in [2.75, 3.05) is 0 Å². The molecule has 14 heavy (non-hydrogen) atoms. The molecule has 0 bridgehead atoms. The minimum Gasteiger partial charge on any atom is -0.246 e. The summed E-state index contributed by atoms with van der Waals surface area (Å²) >= 11 is 0. The third-order valence-corrected chi connectivity index (χ3v) is 2.42. The summed E-state index contributed by atoms with van der Waals surface area (Å²) in [5, 5.41) is 0. The van der Waals surface area contributed by atoms with Gasteiger partial charge in [0.15, 0.2) is 0 Å². The van der Waals surface area contributed by atoms with Gasteiger partial charge in [-0.25, -0.2) is 8.78 Å². The summed E-state index contributed by atoms with van der Waals surface area (Å²) in [7, 11) is 0. The molecular weight excluding hydrogens is 182 g/mol. The Hall–Kier alpha value is -0.920. The Bertz CT molecular complexity index is 312. The lowest BCUT2D eigenvalue weighted by molar-refractivity contribution is 0.459. The average molecular weight is 198 g/mol. The number of halogens is 2. The molecule has 0 aliphatic heterocycles. The fourth-order valence-electron chi connectivity index (χ4n) is 1.38. The van der Waals surface area contributed by atoms with Gasteiger partial charge in [0.05, 0.1) is 0 Å². The first kappa shape index (κ1) is 11.2. The van der Waals surface area contributed by atoms with Crippen molar-refractivity contribution < 1.29 is 8.78 Å². The summed E-state index contributed by atoms with van der Waals surface area (Å²) in [5.74, 6) is -0.433. The van der Waals surface area contributed by atoms with Gasteiger partial charge in [-0.2, -0.15) is 0 Å². The molecule has 0 atom stereocenters. The summed E-state index contributed by atoms with van der Waals surface area (Å²) in [6.45, 7) is 7.04. The molecule has 1 rings (SSSR count). The van der Waals surface area contributed by atoms with E-state index in [0.29, 0.717) is 5.56 Å². The first-order chi connectivity index (χ1) is 6.36. The highest BCUT2D eigenvalue weighted by atomic mass is 19.1. The van der Waals surface area contributed by atoms with Crippen LogP contribution in [0.2, 0.25) is 0 Å². The van der Waals surface area contributed by atoms with Gasteiger partial charge in [-0.15, -0.1) is 0 Å². The van der Waals surface area contributed by atoms with Gasteiger partial charge in [0.2, 0.25) is 0 Å². The maximum Gasteiger partial charge on any atom is 0.129 e. The summed E-state index contributed by atoms with van der Waals surface area (Å²) in [6.07, 6.45) is 0. The Balaban J connectivity index is 3.28. The van der Waals surface area contributed by atoms with Crippen molar-refractivity contribution in [3.05, 3.63) is 34.6 Å². The van der Waals surface area contributed by atoms with Gasteiger partial charge in [-0.05, 0) is 29.5 Å². The number of benzene rings is 1. The number of aryl methyl sites for hydroxylation is 1. The van der Waals surface area contributed by atoms with Crippen LogP contribution in [-0.4, -0.2) is 0 Å². The fourth-order valence-corrected chi connectivity index (χ4v) is 1.38. The fraction of sp³-hybridized carbons (Fsp3) is 0.500. The molecule has 0 heterocycles. The summed E-state index contributed by atoms with van der Waals surface area (Å²) < 4.78 is 25.8. The molecule has 0 radical (unpaired) electrons. The molecule has 1 aromatic rings. The zero-order valence-electron chi connectivity index (χ0n) is 9.12. The van der Waals surface area contributed by atoms with Crippen molar-refractivity contribution in [3.63, 3.8) is 0 Å². The molecule has 0 saturated carbocycles. The van der Waals surface area contributed by atoms with Gasteiger partial charge in [-0.3, -0.25) is 0 Å². The molecule has 0 aromatic heterocycles. The van der Waals surface area contributed by atoms with Gasteiger partial charge in [0.1, 0.15) is 12.5 Å². The van der Waals surface area contributed by atoms with Crippen molar-refractivity contribution >= 4 is 0 Å². The molecule has 0 aliphatic carbocycles. The van der Waals surface area contributed by atoms with E-state index in [2.05, 4.69) is 0 Å². The Morgan fingerprint density at radius 1 is 1.21 bits per heavy atom. The standard InChI is InChI=1S/C12H16F2/c1-8-5-9(12(2,3)4)6-11(14)10(8)7-13/h5-6H,7H2,1-4H3. The molecule has 0 spiro atoms. The van der Waals surface area contributed by atoms with E-state index in [1.807, 2.05) is 26.8 Å². The monoisotopic (exact) mass is 198 g/mol. The summed E-state index contributed by atoms with van der Waals surface area (Å²) in [6, 6.07) is 3.29. The summed E-state index contributed by atoms with van der Waals surface area (Å²) in [5.41, 5.74) is 1.68. The summed E-state index contributed by atoms with van der Waals surface area (Å²) in [4.78, 5) is 0. The van der Waals surface area contributed by atoms with Gasteiger partial charge >= 0.3 is 0 Å². The lowest BCUT2D eigenvalue weighted by atomic mass is 9.85. The van der Waals surface area contributed by atoms with Crippen LogP contribution in [0.3, 0.4) is 0 Å². The first-order valence-electron chi connectivity index (χ1n) is 4.71. The number of alkyl halides is 1. The maximum absolute atomic E-state index is 13.4. The number of hydrogen-bond acceptors (Lipinski definition) is 0. The molecule has 0 saturated heterocycles. The predicted octanol–water partition coefficient (Wildman–Crippen LogP) is 3.90. The van der Waals surface area contributed by atoms with Crippen LogP contribution in [0.5, 0.6) is 0 Å². The SMILES string of the molecule is Cc1cc(C(C)(C)C)cc(F)c1CF. The minimum absolute atomic E-state index is 0.0968. The Labute approximate surface area is 84.0 Å². The van der Waals surface area contributed by atoms with E-state index in [-0.39, 0.29) is 11.0 Å². The van der Waals surface area contributed by atoms with Crippen LogP contribution in [0.15, 0.2) is 12.1 Å². The quantitative estimate of drug-likeness (QED) is 0.642. The smallest absolute Gasteiger partial charge is 0.129 e. The Morgan fingerprint density at radius 2 is 1.79 bits per heavy atom. The average Bonchev–Trinajstić information content (AvgIpc) is 2.01. The van der Waals surface area contributed by atoms with Crippen molar-refractivity contribution in [1.29, 1.82) is 0 Å². The second-order valence-electron chi connectivity index (χ2n) is 4.64. The molecule has 78 valence electrons. The zero-order chi connectivity index (χ0) is 10.9. The molecular formula is C12H16F2. The normalized spacial score (nSPS) is 11.9. The number of hydrogen-bond donors (Lipinski definition) is 0. The van der Waals surface area contributed by atoms with Crippen LogP contribution in [0.25, 0.3) is 0 Å². The van der Waals surface area contributed by atoms with Gasteiger partial charge in [-0.1, -0.05) is 26.8 Å². The lowest BCUT2D eigenvalue weighted by Crippen LogP contribution is -2.12. The van der Waals surface area contributed by atoms with E-state index < -0.39 is 12.5 Å². The van der Waals surface area contributed by atoms with Crippen LogP contribution in [-0.2, 0) is 12.1 Å². The second-order valence-corrected chi connectivity index (χ2v) is 4.64. The van der Waals surface area contributed by atoms with Crippen LogP contribution < -0.4 is 0 Å². The third kappa shape index (κ3) is 2.11. The zero-order valence-corrected chi connectivity index (χ0v) is 9.12. The highest BCUT2D eigenvalue weighted by molar-refractivity contribution is 5.35. The van der Waals surface area contributed by atoms with E-state index >= 15 is 0 Å². The van der Waals surface area contributed by atoms with Crippen LogP contribution in [0.4, 0.5) is 8.78 Å². The van der Waals surface area contributed by atoms with Crippen molar-refractivity contribution in [1.82, 2.24) is 0 Å². The number of rotatable bonds is 1. The largest absolute Gasteiger partial charge is 0.246 e.